The number of urea groups is 1. The molecule has 1 aromatic rings. The summed E-state index contributed by atoms with van der Waals surface area (Å²) in [7, 11) is 0. The minimum atomic E-state index is -1.34. The number of anilines is 1. The molecule has 0 atom stereocenters. The summed E-state index contributed by atoms with van der Waals surface area (Å²) in [5, 5.41) is 14.8. The van der Waals surface area contributed by atoms with E-state index in [4.69, 9.17) is 34.8 Å². The molecule has 116 valence electrons. The van der Waals surface area contributed by atoms with Gasteiger partial charge in [0.15, 0.2) is 0 Å². The zero-order chi connectivity index (χ0) is 16.2. The summed E-state index contributed by atoms with van der Waals surface area (Å²) in [6.07, 6.45) is 0.489. The number of carboxylic acids is 1. The predicted molar refractivity (Wildman–Crippen MR) is 84.6 cm³/mol. The van der Waals surface area contributed by atoms with Crippen LogP contribution in [0.4, 0.5) is 10.5 Å². The molecule has 0 aliphatic heterocycles. The third-order valence-electron chi connectivity index (χ3n) is 3.21. The Kier molecular flexibility index (Phi) is 6.13. The molecule has 0 aliphatic rings. The first-order chi connectivity index (χ1) is 9.75. The summed E-state index contributed by atoms with van der Waals surface area (Å²) in [4.78, 5) is 23.3. The molecule has 1 rings (SSSR count). The first-order valence-corrected chi connectivity index (χ1v) is 7.36. The van der Waals surface area contributed by atoms with Gasteiger partial charge in [0.25, 0.3) is 0 Å². The molecule has 0 aromatic heterocycles. The molecule has 5 nitrogen and oxygen atoms in total. The smallest absolute Gasteiger partial charge is 0.329 e. The van der Waals surface area contributed by atoms with Crippen molar-refractivity contribution in [3.05, 3.63) is 27.2 Å². The molecule has 0 radical (unpaired) electrons. The summed E-state index contributed by atoms with van der Waals surface area (Å²) in [6.45, 7) is 3.36. The van der Waals surface area contributed by atoms with E-state index in [9.17, 15) is 14.7 Å². The van der Waals surface area contributed by atoms with E-state index in [0.29, 0.717) is 5.02 Å². The molecule has 0 saturated carbocycles. The lowest BCUT2D eigenvalue weighted by atomic mass is 9.93. The van der Waals surface area contributed by atoms with Crippen LogP contribution in [0.5, 0.6) is 0 Å². The van der Waals surface area contributed by atoms with Crippen LogP contribution < -0.4 is 10.6 Å². The topological polar surface area (TPSA) is 78.4 Å². The number of carbonyl (C=O) groups is 2. The number of aliphatic carboxylic acids is 1. The van der Waals surface area contributed by atoms with Crippen LogP contribution in [0.15, 0.2) is 12.1 Å². The number of benzene rings is 1. The highest BCUT2D eigenvalue weighted by atomic mass is 35.5. The SMILES string of the molecule is CCC(CC)(NC(=O)Nc1c(Cl)cc(Cl)cc1Cl)C(=O)O. The van der Waals surface area contributed by atoms with Crippen LogP contribution in [0.25, 0.3) is 0 Å². The monoisotopic (exact) mass is 352 g/mol. The van der Waals surface area contributed by atoms with Crippen molar-refractivity contribution in [2.75, 3.05) is 5.32 Å². The molecule has 0 heterocycles. The maximum absolute atomic E-state index is 12.0. The van der Waals surface area contributed by atoms with Gasteiger partial charge in [-0.3, -0.25) is 0 Å². The van der Waals surface area contributed by atoms with Crippen molar-refractivity contribution in [3.63, 3.8) is 0 Å². The van der Waals surface area contributed by atoms with E-state index in [-0.39, 0.29) is 28.6 Å². The van der Waals surface area contributed by atoms with Crippen molar-refractivity contribution < 1.29 is 14.7 Å². The minimum Gasteiger partial charge on any atom is -0.480 e. The lowest BCUT2D eigenvalue weighted by Crippen LogP contribution is -2.55. The summed E-state index contributed by atoms with van der Waals surface area (Å²) in [6, 6.07) is 2.15. The number of carboxylic acid groups (broad SMARTS) is 1. The fourth-order valence-corrected chi connectivity index (χ4v) is 2.72. The maximum atomic E-state index is 12.0. The van der Waals surface area contributed by atoms with E-state index in [2.05, 4.69) is 10.6 Å². The van der Waals surface area contributed by atoms with Crippen molar-refractivity contribution >= 4 is 52.5 Å². The van der Waals surface area contributed by atoms with Gasteiger partial charge in [0.1, 0.15) is 5.54 Å². The Bertz CT molecular complexity index is 537. The number of hydrogen-bond donors (Lipinski definition) is 3. The second-order valence-corrected chi connectivity index (χ2v) is 5.67. The van der Waals surface area contributed by atoms with E-state index < -0.39 is 17.5 Å². The van der Waals surface area contributed by atoms with Crippen LogP contribution in [0, 0.1) is 0 Å². The average molecular weight is 354 g/mol. The van der Waals surface area contributed by atoms with Crippen LogP contribution in [0.2, 0.25) is 15.1 Å². The van der Waals surface area contributed by atoms with Gasteiger partial charge < -0.3 is 15.7 Å². The van der Waals surface area contributed by atoms with E-state index in [1.54, 1.807) is 13.8 Å². The molecule has 3 N–H and O–H groups in total. The largest absolute Gasteiger partial charge is 0.480 e. The minimum absolute atomic E-state index is 0.163. The molecular weight excluding hydrogens is 339 g/mol. The Labute approximate surface area is 137 Å². The Hall–Kier alpha value is -1.17. The van der Waals surface area contributed by atoms with Crippen molar-refractivity contribution in [1.82, 2.24) is 5.32 Å². The number of hydrogen-bond acceptors (Lipinski definition) is 2. The Balaban J connectivity index is 2.95. The fraction of sp³-hybridized carbons (Fsp3) is 0.385. The normalized spacial score (nSPS) is 11.1. The second-order valence-electron chi connectivity index (χ2n) is 4.42. The molecule has 0 unspecified atom stereocenters. The highest BCUT2D eigenvalue weighted by molar-refractivity contribution is 6.42. The quantitative estimate of drug-likeness (QED) is 0.733. The Morgan fingerprint density at radius 1 is 1.14 bits per heavy atom. The number of halogens is 3. The van der Waals surface area contributed by atoms with E-state index in [1.807, 2.05) is 0 Å². The summed E-state index contributed by atoms with van der Waals surface area (Å²) < 4.78 is 0. The van der Waals surface area contributed by atoms with Crippen LogP contribution in [0.1, 0.15) is 26.7 Å². The maximum Gasteiger partial charge on any atom is 0.329 e. The van der Waals surface area contributed by atoms with Gasteiger partial charge in [0, 0.05) is 5.02 Å². The van der Waals surface area contributed by atoms with Crippen LogP contribution in [-0.4, -0.2) is 22.6 Å². The van der Waals surface area contributed by atoms with Gasteiger partial charge in [-0.15, -0.1) is 0 Å². The highest BCUT2D eigenvalue weighted by Crippen LogP contribution is 2.33. The molecular formula is C13H15Cl3N2O3. The zero-order valence-electron chi connectivity index (χ0n) is 11.5. The van der Waals surface area contributed by atoms with Gasteiger partial charge in [-0.25, -0.2) is 9.59 Å². The van der Waals surface area contributed by atoms with Crippen molar-refractivity contribution in [2.45, 2.75) is 32.2 Å². The van der Waals surface area contributed by atoms with Crippen LogP contribution in [0.3, 0.4) is 0 Å². The number of amides is 2. The molecule has 0 fully saturated rings. The molecule has 8 heteroatoms. The van der Waals surface area contributed by atoms with E-state index in [1.165, 1.54) is 12.1 Å². The van der Waals surface area contributed by atoms with Crippen molar-refractivity contribution in [3.8, 4) is 0 Å². The summed E-state index contributed by atoms with van der Waals surface area (Å²) in [5.74, 6) is -1.10. The molecule has 2 amide bonds. The van der Waals surface area contributed by atoms with Gasteiger partial charge >= 0.3 is 12.0 Å². The number of nitrogens with one attached hydrogen (secondary N) is 2. The Morgan fingerprint density at radius 3 is 2.00 bits per heavy atom. The predicted octanol–water partition coefficient (Wildman–Crippen LogP) is 4.41. The Morgan fingerprint density at radius 2 is 1.62 bits per heavy atom. The van der Waals surface area contributed by atoms with E-state index >= 15 is 0 Å². The average Bonchev–Trinajstić information content (AvgIpc) is 2.40. The van der Waals surface area contributed by atoms with Gasteiger partial charge in [0.05, 0.1) is 15.7 Å². The molecule has 1 aromatic carbocycles. The highest BCUT2D eigenvalue weighted by Gasteiger charge is 2.36. The van der Waals surface area contributed by atoms with Crippen molar-refractivity contribution in [1.29, 1.82) is 0 Å². The summed E-state index contributed by atoms with van der Waals surface area (Å²) in [5.41, 5.74) is -1.16. The zero-order valence-corrected chi connectivity index (χ0v) is 13.7. The lowest BCUT2D eigenvalue weighted by molar-refractivity contribution is -0.144. The summed E-state index contributed by atoms with van der Waals surface area (Å²) >= 11 is 17.7. The first-order valence-electron chi connectivity index (χ1n) is 6.22. The molecule has 0 bridgehead atoms. The molecule has 0 spiro atoms. The molecule has 21 heavy (non-hydrogen) atoms. The van der Waals surface area contributed by atoms with Gasteiger partial charge in [0.2, 0.25) is 0 Å². The molecule has 0 aliphatic carbocycles. The van der Waals surface area contributed by atoms with E-state index in [0.717, 1.165) is 0 Å². The third-order valence-corrected chi connectivity index (χ3v) is 4.03. The van der Waals surface area contributed by atoms with Crippen LogP contribution in [-0.2, 0) is 4.79 Å². The lowest BCUT2D eigenvalue weighted by Gasteiger charge is -2.28. The van der Waals surface area contributed by atoms with Gasteiger partial charge in [-0.2, -0.15) is 0 Å². The number of carbonyl (C=O) groups excluding carboxylic acids is 1. The first kappa shape index (κ1) is 17.9. The van der Waals surface area contributed by atoms with Crippen LogP contribution >= 0.6 is 34.8 Å². The molecule has 0 saturated heterocycles. The third kappa shape index (κ3) is 4.15. The van der Waals surface area contributed by atoms with Crippen molar-refractivity contribution in [2.24, 2.45) is 0 Å². The standard InChI is InChI=1S/C13H15Cl3N2O3/c1-3-13(4-2,11(19)20)18-12(21)17-10-8(15)5-7(14)6-9(10)16/h5-6H,3-4H2,1-2H3,(H,19,20)(H2,17,18,21). The fourth-order valence-electron chi connectivity index (χ4n) is 1.81. The number of rotatable bonds is 5. The second kappa shape index (κ2) is 7.20. The van der Waals surface area contributed by atoms with Gasteiger partial charge in [-0.05, 0) is 25.0 Å². The van der Waals surface area contributed by atoms with Gasteiger partial charge in [-0.1, -0.05) is 48.7 Å².